The van der Waals surface area contributed by atoms with E-state index in [1.807, 2.05) is 37.3 Å². The van der Waals surface area contributed by atoms with Gasteiger partial charge in [-0.05, 0) is 30.7 Å². The molecule has 0 fully saturated rings. The predicted molar refractivity (Wildman–Crippen MR) is 112 cm³/mol. The Bertz CT molecular complexity index is 1040. The predicted octanol–water partition coefficient (Wildman–Crippen LogP) is 3.82. The molecule has 0 aliphatic carbocycles. The number of benzene rings is 2. The minimum atomic E-state index is -0.335. The number of hydrogen-bond acceptors (Lipinski definition) is 5. The summed E-state index contributed by atoms with van der Waals surface area (Å²) in [6.45, 7) is 3.06. The minimum Gasteiger partial charge on any atom is -0.486 e. The van der Waals surface area contributed by atoms with E-state index in [4.69, 9.17) is 13.9 Å². The number of carbonyl (C=O) groups is 2. The fraction of sp³-hybridized carbons (Fsp3) is 0.217. The number of furan rings is 1. The van der Waals surface area contributed by atoms with Crippen molar-refractivity contribution in [1.29, 1.82) is 0 Å². The molecule has 4 rings (SSSR count). The second-order valence-electron chi connectivity index (χ2n) is 6.76. The first-order valence-corrected chi connectivity index (χ1v) is 9.77. The third-order valence-corrected chi connectivity index (χ3v) is 4.77. The summed E-state index contributed by atoms with van der Waals surface area (Å²) in [7, 11) is 0. The SMILES string of the molecule is CCN(CC(=O)Nc1ccc2c(c1)OCCO2)C(=O)c1occc1-c1ccccc1. The molecule has 2 aromatic carbocycles. The first-order chi connectivity index (χ1) is 14.7. The van der Waals surface area contributed by atoms with Crippen LogP contribution in [0.15, 0.2) is 65.3 Å². The number of rotatable bonds is 6. The summed E-state index contributed by atoms with van der Waals surface area (Å²) >= 11 is 0. The van der Waals surface area contributed by atoms with E-state index in [9.17, 15) is 9.59 Å². The highest BCUT2D eigenvalue weighted by Crippen LogP contribution is 2.32. The van der Waals surface area contributed by atoms with Crippen LogP contribution in [0.1, 0.15) is 17.5 Å². The van der Waals surface area contributed by atoms with Crippen LogP contribution in [0.5, 0.6) is 11.5 Å². The highest BCUT2D eigenvalue weighted by molar-refractivity contribution is 6.01. The van der Waals surface area contributed by atoms with E-state index in [0.29, 0.717) is 42.5 Å². The van der Waals surface area contributed by atoms with E-state index < -0.39 is 0 Å². The molecule has 1 aliphatic rings. The molecule has 0 saturated carbocycles. The molecular formula is C23H22N2O5. The van der Waals surface area contributed by atoms with Crippen molar-refractivity contribution in [2.75, 3.05) is 31.6 Å². The lowest BCUT2D eigenvalue weighted by Crippen LogP contribution is -2.37. The van der Waals surface area contributed by atoms with Crippen molar-refractivity contribution in [2.45, 2.75) is 6.92 Å². The van der Waals surface area contributed by atoms with Crippen molar-refractivity contribution in [2.24, 2.45) is 0 Å². The Labute approximate surface area is 174 Å². The molecule has 7 nitrogen and oxygen atoms in total. The summed E-state index contributed by atoms with van der Waals surface area (Å²) in [6.07, 6.45) is 1.48. The molecule has 3 aromatic rings. The van der Waals surface area contributed by atoms with Crippen LogP contribution in [0.4, 0.5) is 5.69 Å². The molecule has 0 unspecified atom stereocenters. The Morgan fingerprint density at radius 1 is 1.00 bits per heavy atom. The summed E-state index contributed by atoms with van der Waals surface area (Å²) in [5.41, 5.74) is 2.16. The minimum absolute atomic E-state index is 0.0985. The molecule has 0 bridgehead atoms. The second kappa shape index (κ2) is 8.73. The topological polar surface area (TPSA) is 81.0 Å². The number of carbonyl (C=O) groups excluding carboxylic acids is 2. The molecule has 1 N–H and O–H groups in total. The average molecular weight is 406 g/mol. The van der Waals surface area contributed by atoms with Crippen molar-refractivity contribution < 1.29 is 23.5 Å². The zero-order valence-corrected chi connectivity index (χ0v) is 16.6. The van der Waals surface area contributed by atoms with E-state index in [2.05, 4.69) is 5.32 Å². The van der Waals surface area contributed by atoms with Crippen LogP contribution in [0.25, 0.3) is 11.1 Å². The van der Waals surface area contributed by atoms with Gasteiger partial charge in [-0.3, -0.25) is 9.59 Å². The van der Waals surface area contributed by atoms with Gasteiger partial charge in [-0.2, -0.15) is 0 Å². The molecular weight excluding hydrogens is 384 g/mol. The molecule has 154 valence electrons. The maximum atomic E-state index is 13.0. The Balaban J connectivity index is 1.45. The first kappa shape index (κ1) is 19.6. The number of hydrogen-bond donors (Lipinski definition) is 1. The van der Waals surface area contributed by atoms with Crippen molar-refractivity contribution in [1.82, 2.24) is 4.90 Å². The molecule has 2 amide bonds. The molecule has 30 heavy (non-hydrogen) atoms. The molecule has 7 heteroatoms. The summed E-state index contributed by atoms with van der Waals surface area (Å²) < 4.78 is 16.5. The lowest BCUT2D eigenvalue weighted by atomic mass is 10.1. The maximum absolute atomic E-state index is 13.0. The largest absolute Gasteiger partial charge is 0.486 e. The van der Waals surface area contributed by atoms with Gasteiger partial charge in [-0.15, -0.1) is 0 Å². The molecule has 1 aliphatic heterocycles. The van der Waals surface area contributed by atoms with Crippen LogP contribution >= 0.6 is 0 Å². The van der Waals surface area contributed by atoms with E-state index in [1.165, 1.54) is 11.2 Å². The number of likely N-dealkylation sites (N-methyl/N-ethyl adjacent to an activating group) is 1. The average Bonchev–Trinajstić information content (AvgIpc) is 3.27. The molecule has 1 aromatic heterocycles. The maximum Gasteiger partial charge on any atom is 0.290 e. The van der Waals surface area contributed by atoms with E-state index in [1.54, 1.807) is 24.3 Å². The zero-order valence-electron chi connectivity index (χ0n) is 16.6. The van der Waals surface area contributed by atoms with Gasteiger partial charge in [0, 0.05) is 23.9 Å². The van der Waals surface area contributed by atoms with Crippen LogP contribution in [-0.2, 0) is 4.79 Å². The van der Waals surface area contributed by atoms with Gasteiger partial charge in [0.25, 0.3) is 5.91 Å². The van der Waals surface area contributed by atoms with Crippen LogP contribution in [-0.4, -0.2) is 43.0 Å². The molecule has 0 atom stereocenters. The second-order valence-corrected chi connectivity index (χ2v) is 6.76. The third kappa shape index (κ3) is 4.15. The number of nitrogens with one attached hydrogen (secondary N) is 1. The van der Waals surface area contributed by atoms with Crippen LogP contribution in [0.3, 0.4) is 0 Å². The van der Waals surface area contributed by atoms with Crippen LogP contribution in [0, 0.1) is 0 Å². The van der Waals surface area contributed by atoms with Gasteiger partial charge in [0.1, 0.15) is 19.8 Å². The van der Waals surface area contributed by atoms with Gasteiger partial charge >= 0.3 is 0 Å². The third-order valence-electron chi connectivity index (χ3n) is 4.77. The van der Waals surface area contributed by atoms with Gasteiger partial charge in [-0.25, -0.2) is 0 Å². The Morgan fingerprint density at radius 3 is 2.53 bits per heavy atom. The van der Waals surface area contributed by atoms with Crippen LogP contribution < -0.4 is 14.8 Å². The number of anilines is 1. The van der Waals surface area contributed by atoms with Crippen LogP contribution in [0.2, 0.25) is 0 Å². The van der Waals surface area contributed by atoms with Gasteiger partial charge in [0.05, 0.1) is 6.26 Å². The van der Waals surface area contributed by atoms with Crippen molar-refractivity contribution in [3.05, 3.63) is 66.6 Å². The van der Waals surface area contributed by atoms with Gasteiger partial charge < -0.3 is 24.1 Å². The molecule has 0 radical (unpaired) electrons. The zero-order chi connectivity index (χ0) is 20.9. The number of nitrogens with zero attached hydrogens (tertiary/aromatic N) is 1. The highest BCUT2D eigenvalue weighted by atomic mass is 16.6. The first-order valence-electron chi connectivity index (χ1n) is 9.77. The van der Waals surface area contributed by atoms with E-state index in [-0.39, 0.29) is 24.1 Å². The Morgan fingerprint density at radius 2 is 1.77 bits per heavy atom. The highest BCUT2D eigenvalue weighted by Gasteiger charge is 2.24. The Kier molecular flexibility index (Phi) is 5.70. The van der Waals surface area contributed by atoms with Crippen molar-refractivity contribution in [3.8, 4) is 22.6 Å². The van der Waals surface area contributed by atoms with Crippen molar-refractivity contribution >= 4 is 17.5 Å². The molecule has 0 spiro atoms. The number of amides is 2. The van der Waals surface area contributed by atoms with Crippen molar-refractivity contribution in [3.63, 3.8) is 0 Å². The number of fused-ring (bicyclic) bond motifs is 1. The standard InChI is InChI=1S/C23H22N2O5/c1-2-25(23(27)22-18(10-11-30-22)16-6-4-3-5-7-16)15-21(26)24-17-8-9-19-20(14-17)29-13-12-28-19/h3-11,14H,2,12-13,15H2,1H3,(H,24,26). The summed E-state index contributed by atoms with van der Waals surface area (Å²) in [6, 6.07) is 16.5. The fourth-order valence-electron chi connectivity index (χ4n) is 3.29. The van der Waals surface area contributed by atoms with Gasteiger partial charge in [-0.1, -0.05) is 30.3 Å². The lowest BCUT2D eigenvalue weighted by molar-refractivity contribution is -0.116. The Hall–Kier alpha value is -3.74. The summed E-state index contributed by atoms with van der Waals surface area (Å²) in [5.74, 6) is 0.810. The molecule has 2 heterocycles. The quantitative estimate of drug-likeness (QED) is 0.673. The van der Waals surface area contributed by atoms with Gasteiger partial charge in [0.15, 0.2) is 17.3 Å². The smallest absolute Gasteiger partial charge is 0.290 e. The fourth-order valence-corrected chi connectivity index (χ4v) is 3.29. The lowest BCUT2D eigenvalue weighted by Gasteiger charge is -2.21. The monoisotopic (exact) mass is 406 g/mol. The normalized spacial score (nSPS) is 12.3. The van der Waals surface area contributed by atoms with E-state index in [0.717, 1.165) is 5.56 Å². The van der Waals surface area contributed by atoms with Gasteiger partial charge in [0.2, 0.25) is 5.91 Å². The van der Waals surface area contributed by atoms with E-state index >= 15 is 0 Å². The summed E-state index contributed by atoms with van der Waals surface area (Å²) in [4.78, 5) is 27.0. The molecule has 0 saturated heterocycles. The number of ether oxygens (including phenoxy) is 2. The summed E-state index contributed by atoms with van der Waals surface area (Å²) in [5, 5.41) is 2.80.